The lowest BCUT2D eigenvalue weighted by Crippen LogP contribution is -2.39. The summed E-state index contributed by atoms with van der Waals surface area (Å²) in [6, 6.07) is 8.26. The molecule has 0 aromatic heterocycles. The minimum absolute atomic E-state index is 0.357. The van der Waals surface area contributed by atoms with Crippen LogP contribution in [-0.4, -0.2) is 17.7 Å². The third kappa shape index (κ3) is 4.24. The van der Waals surface area contributed by atoms with E-state index in [2.05, 4.69) is 19.2 Å². The van der Waals surface area contributed by atoms with E-state index in [1.165, 1.54) is 31.2 Å². The van der Waals surface area contributed by atoms with Gasteiger partial charge in [-0.2, -0.15) is 0 Å². The van der Waals surface area contributed by atoms with Crippen LogP contribution in [0.1, 0.15) is 45.1 Å². The quantitative estimate of drug-likeness (QED) is 0.846. The lowest BCUT2D eigenvalue weighted by atomic mass is 9.77. The zero-order valence-corrected chi connectivity index (χ0v) is 12.2. The van der Waals surface area contributed by atoms with Gasteiger partial charge in [-0.3, -0.25) is 0 Å². The maximum atomic E-state index is 9.36. The Bertz CT molecular complexity index is 365. The summed E-state index contributed by atoms with van der Waals surface area (Å²) in [5.74, 6) is 2.08. The Morgan fingerprint density at radius 1 is 1.16 bits per heavy atom. The molecule has 2 heteroatoms. The van der Waals surface area contributed by atoms with E-state index in [9.17, 15) is 5.11 Å². The van der Waals surface area contributed by atoms with Gasteiger partial charge in [-0.1, -0.05) is 38.8 Å². The third-order valence-electron chi connectivity index (χ3n) is 4.49. The van der Waals surface area contributed by atoms with Crippen LogP contribution in [0.15, 0.2) is 24.3 Å². The molecule has 0 aliphatic heterocycles. The topological polar surface area (TPSA) is 32.3 Å². The maximum Gasteiger partial charge on any atom is 0.115 e. The van der Waals surface area contributed by atoms with Crippen LogP contribution in [0.3, 0.4) is 0 Å². The van der Waals surface area contributed by atoms with Crippen molar-refractivity contribution in [3.63, 3.8) is 0 Å². The summed E-state index contributed by atoms with van der Waals surface area (Å²) in [7, 11) is 0. The Morgan fingerprint density at radius 2 is 1.79 bits per heavy atom. The lowest BCUT2D eigenvalue weighted by molar-refractivity contribution is 0.230. The average Bonchev–Trinajstić information content (AvgIpc) is 2.42. The highest BCUT2D eigenvalue weighted by atomic mass is 16.3. The number of likely N-dealkylation sites (N-methyl/N-ethyl adjacent to an activating group) is 1. The molecular weight excluding hydrogens is 234 g/mol. The van der Waals surface area contributed by atoms with Gasteiger partial charge in [0, 0.05) is 6.04 Å². The van der Waals surface area contributed by atoms with Gasteiger partial charge >= 0.3 is 0 Å². The fourth-order valence-corrected chi connectivity index (χ4v) is 3.24. The van der Waals surface area contributed by atoms with Crippen molar-refractivity contribution in [2.75, 3.05) is 6.54 Å². The number of hydrogen-bond acceptors (Lipinski definition) is 2. The largest absolute Gasteiger partial charge is 0.508 e. The van der Waals surface area contributed by atoms with Gasteiger partial charge in [-0.05, 0) is 55.3 Å². The monoisotopic (exact) mass is 261 g/mol. The molecule has 19 heavy (non-hydrogen) atoms. The molecule has 0 amide bonds. The van der Waals surface area contributed by atoms with Crippen molar-refractivity contribution >= 4 is 0 Å². The van der Waals surface area contributed by atoms with Gasteiger partial charge in [0.05, 0.1) is 0 Å². The summed E-state index contributed by atoms with van der Waals surface area (Å²) in [6.07, 6.45) is 6.55. The van der Waals surface area contributed by atoms with Crippen molar-refractivity contribution in [2.45, 2.75) is 52.0 Å². The van der Waals surface area contributed by atoms with Gasteiger partial charge in [0.15, 0.2) is 0 Å². The first-order valence-electron chi connectivity index (χ1n) is 7.70. The highest BCUT2D eigenvalue weighted by molar-refractivity contribution is 5.26. The summed E-state index contributed by atoms with van der Waals surface area (Å²) in [6.45, 7) is 5.60. The zero-order chi connectivity index (χ0) is 13.7. The predicted octanol–water partition coefficient (Wildman–Crippen LogP) is 3.74. The molecule has 0 radical (unpaired) electrons. The van der Waals surface area contributed by atoms with E-state index in [0.29, 0.717) is 11.8 Å². The van der Waals surface area contributed by atoms with Crippen LogP contribution in [0.4, 0.5) is 0 Å². The molecule has 0 saturated heterocycles. The Hall–Kier alpha value is -1.02. The van der Waals surface area contributed by atoms with Crippen LogP contribution in [0, 0.1) is 11.8 Å². The molecule has 1 aromatic rings. The number of nitrogens with one attached hydrogen (secondary N) is 1. The summed E-state index contributed by atoms with van der Waals surface area (Å²) < 4.78 is 0. The van der Waals surface area contributed by atoms with E-state index in [-0.39, 0.29) is 0 Å². The molecule has 2 nitrogen and oxygen atoms in total. The minimum atomic E-state index is 0.357. The summed E-state index contributed by atoms with van der Waals surface area (Å²) in [4.78, 5) is 0. The summed E-state index contributed by atoms with van der Waals surface area (Å²) in [5, 5.41) is 13.0. The van der Waals surface area contributed by atoms with Gasteiger partial charge in [-0.15, -0.1) is 0 Å². The molecule has 1 aliphatic carbocycles. The highest BCUT2D eigenvalue weighted by Gasteiger charge is 2.25. The number of phenolic OH excluding ortho intramolecular Hbond substituents is 1. The van der Waals surface area contributed by atoms with Crippen molar-refractivity contribution < 1.29 is 5.11 Å². The van der Waals surface area contributed by atoms with Gasteiger partial charge in [0.2, 0.25) is 0 Å². The first-order chi connectivity index (χ1) is 9.19. The summed E-state index contributed by atoms with van der Waals surface area (Å²) in [5.41, 5.74) is 1.32. The molecule has 2 rings (SSSR count). The predicted molar refractivity (Wildman–Crippen MR) is 80.4 cm³/mol. The summed E-state index contributed by atoms with van der Waals surface area (Å²) >= 11 is 0. The van der Waals surface area contributed by atoms with Crippen molar-refractivity contribution in [1.29, 1.82) is 0 Å². The van der Waals surface area contributed by atoms with E-state index >= 15 is 0 Å². The smallest absolute Gasteiger partial charge is 0.115 e. The number of phenols is 1. The van der Waals surface area contributed by atoms with Crippen molar-refractivity contribution in [3.8, 4) is 5.75 Å². The standard InChI is InChI=1S/C17H27NO/c1-3-18-17(15-8-4-13(2)5-9-15)12-14-6-10-16(19)11-7-14/h6-7,10-11,13,15,17-19H,3-5,8-9,12H2,1-2H3. The van der Waals surface area contributed by atoms with Crippen LogP contribution in [0.25, 0.3) is 0 Å². The van der Waals surface area contributed by atoms with Crippen LogP contribution in [0.2, 0.25) is 0 Å². The molecule has 0 spiro atoms. The Morgan fingerprint density at radius 3 is 2.37 bits per heavy atom. The molecule has 1 atom stereocenters. The molecular formula is C17H27NO. The number of benzene rings is 1. The lowest BCUT2D eigenvalue weighted by Gasteiger charge is -2.33. The van der Waals surface area contributed by atoms with Crippen molar-refractivity contribution in [1.82, 2.24) is 5.32 Å². The first kappa shape index (κ1) is 14.4. The molecule has 1 aliphatic rings. The van der Waals surface area contributed by atoms with E-state index in [1.807, 2.05) is 12.1 Å². The molecule has 2 N–H and O–H groups in total. The van der Waals surface area contributed by atoms with Gasteiger partial charge in [0.1, 0.15) is 5.75 Å². The van der Waals surface area contributed by atoms with Gasteiger partial charge < -0.3 is 10.4 Å². The minimum Gasteiger partial charge on any atom is -0.508 e. The third-order valence-corrected chi connectivity index (χ3v) is 4.49. The Balaban J connectivity index is 1.97. The van der Waals surface area contributed by atoms with E-state index in [4.69, 9.17) is 0 Å². The number of hydrogen-bond donors (Lipinski definition) is 2. The van der Waals surface area contributed by atoms with E-state index in [1.54, 1.807) is 12.1 Å². The van der Waals surface area contributed by atoms with E-state index in [0.717, 1.165) is 24.8 Å². The average molecular weight is 261 g/mol. The van der Waals surface area contributed by atoms with Gasteiger partial charge in [0.25, 0.3) is 0 Å². The van der Waals surface area contributed by atoms with Crippen LogP contribution >= 0.6 is 0 Å². The second-order valence-corrected chi connectivity index (χ2v) is 6.05. The molecule has 0 bridgehead atoms. The van der Waals surface area contributed by atoms with Crippen molar-refractivity contribution in [2.24, 2.45) is 11.8 Å². The molecule has 1 aromatic carbocycles. The molecule has 106 valence electrons. The number of aromatic hydroxyl groups is 1. The molecule has 1 fully saturated rings. The normalized spacial score (nSPS) is 25.2. The van der Waals surface area contributed by atoms with Crippen LogP contribution in [0.5, 0.6) is 5.75 Å². The second-order valence-electron chi connectivity index (χ2n) is 6.05. The Kier molecular flexibility index (Phi) is 5.26. The van der Waals surface area contributed by atoms with Crippen LogP contribution in [-0.2, 0) is 6.42 Å². The first-order valence-corrected chi connectivity index (χ1v) is 7.70. The second kappa shape index (κ2) is 6.95. The fraction of sp³-hybridized carbons (Fsp3) is 0.647. The van der Waals surface area contributed by atoms with E-state index < -0.39 is 0 Å². The number of rotatable bonds is 5. The SMILES string of the molecule is CCNC(Cc1ccc(O)cc1)C1CCC(C)CC1. The molecule has 1 unspecified atom stereocenters. The van der Waals surface area contributed by atoms with Crippen LogP contribution < -0.4 is 5.32 Å². The molecule has 1 saturated carbocycles. The van der Waals surface area contributed by atoms with Crippen molar-refractivity contribution in [3.05, 3.63) is 29.8 Å². The fourth-order valence-electron chi connectivity index (χ4n) is 3.24. The zero-order valence-electron chi connectivity index (χ0n) is 12.2. The maximum absolute atomic E-state index is 9.36. The highest BCUT2D eigenvalue weighted by Crippen LogP contribution is 2.31. The van der Waals surface area contributed by atoms with Gasteiger partial charge in [-0.25, -0.2) is 0 Å². The molecule has 0 heterocycles. The Labute approximate surface area is 117 Å².